The smallest absolute Gasteiger partial charge is 0.354 e. The standard InChI is InChI=1S/C16H25F3N6.HI/c1-4-9-20-15(21-10-14-24-23-11(2)25(14)3)22-13-7-5-12(6-8-13)16(17,18)19;/h4,12-13H,1,5-10H2,2-3H3,(H2,20,21,22);1H. The normalized spacial score (nSPS) is 21.0. The molecule has 10 heteroatoms. The molecule has 1 saturated carbocycles. The van der Waals surface area contributed by atoms with Crippen molar-refractivity contribution in [1.29, 1.82) is 0 Å². The highest BCUT2D eigenvalue weighted by atomic mass is 127. The molecule has 0 unspecified atom stereocenters. The predicted molar refractivity (Wildman–Crippen MR) is 105 cm³/mol. The zero-order valence-electron chi connectivity index (χ0n) is 15.0. The van der Waals surface area contributed by atoms with Gasteiger partial charge in [-0.1, -0.05) is 6.08 Å². The summed E-state index contributed by atoms with van der Waals surface area (Å²) in [6.07, 6.45) is -1.14. The van der Waals surface area contributed by atoms with E-state index in [1.165, 1.54) is 0 Å². The predicted octanol–water partition coefficient (Wildman–Crippen LogP) is 3.08. The van der Waals surface area contributed by atoms with Gasteiger partial charge in [0.2, 0.25) is 0 Å². The molecular formula is C16H26F3IN6. The summed E-state index contributed by atoms with van der Waals surface area (Å²) in [6, 6.07) is -0.0177. The minimum atomic E-state index is -4.09. The summed E-state index contributed by atoms with van der Waals surface area (Å²) in [4.78, 5) is 4.47. The largest absolute Gasteiger partial charge is 0.391 e. The van der Waals surface area contributed by atoms with Gasteiger partial charge in [-0.05, 0) is 32.6 Å². The Kier molecular flexibility index (Phi) is 8.84. The van der Waals surface area contributed by atoms with Gasteiger partial charge in [-0.15, -0.1) is 40.8 Å². The molecule has 0 spiro atoms. The summed E-state index contributed by atoms with van der Waals surface area (Å²) in [7, 11) is 1.86. The van der Waals surface area contributed by atoms with E-state index in [1.54, 1.807) is 6.08 Å². The second-order valence-corrected chi connectivity index (χ2v) is 6.29. The number of aliphatic imine (C=N–C) groups is 1. The highest BCUT2D eigenvalue weighted by Gasteiger charge is 2.41. The molecule has 0 aromatic carbocycles. The zero-order valence-corrected chi connectivity index (χ0v) is 17.3. The number of hydrogen-bond acceptors (Lipinski definition) is 3. The first-order valence-electron chi connectivity index (χ1n) is 8.38. The van der Waals surface area contributed by atoms with Crippen LogP contribution in [0.25, 0.3) is 0 Å². The average molecular weight is 486 g/mol. The fourth-order valence-corrected chi connectivity index (χ4v) is 2.82. The maximum absolute atomic E-state index is 12.8. The summed E-state index contributed by atoms with van der Waals surface area (Å²) < 4.78 is 40.1. The first-order chi connectivity index (χ1) is 11.8. The van der Waals surface area contributed by atoms with Crippen LogP contribution in [0, 0.1) is 12.8 Å². The van der Waals surface area contributed by atoms with Crippen molar-refractivity contribution < 1.29 is 13.2 Å². The van der Waals surface area contributed by atoms with Gasteiger partial charge in [-0.25, -0.2) is 4.99 Å². The maximum atomic E-state index is 12.8. The Bertz CT molecular complexity index is 606. The van der Waals surface area contributed by atoms with Crippen LogP contribution in [0.4, 0.5) is 13.2 Å². The van der Waals surface area contributed by atoms with Crippen LogP contribution in [0.5, 0.6) is 0 Å². The van der Waals surface area contributed by atoms with Gasteiger partial charge in [-0.3, -0.25) is 0 Å². The Morgan fingerprint density at radius 1 is 1.31 bits per heavy atom. The minimum Gasteiger partial charge on any atom is -0.354 e. The quantitative estimate of drug-likeness (QED) is 0.291. The molecular weight excluding hydrogens is 460 g/mol. The van der Waals surface area contributed by atoms with Crippen molar-refractivity contribution in [1.82, 2.24) is 25.4 Å². The molecule has 1 aromatic rings. The highest BCUT2D eigenvalue weighted by Crippen LogP contribution is 2.37. The third-order valence-corrected chi connectivity index (χ3v) is 4.51. The topological polar surface area (TPSA) is 67.1 Å². The lowest BCUT2D eigenvalue weighted by atomic mass is 9.85. The maximum Gasteiger partial charge on any atom is 0.391 e. The van der Waals surface area contributed by atoms with Crippen LogP contribution in [0.1, 0.15) is 37.3 Å². The molecule has 0 radical (unpaired) electrons. The molecule has 0 atom stereocenters. The Labute approximate surface area is 168 Å². The van der Waals surface area contributed by atoms with E-state index < -0.39 is 12.1 Å². The van der Waals surface area contributed by atoms with Crippen molar-refractivity contribution in [3.63, 3.8) is 0 Å². The molecule has 1 aromatic heterocycles. The first-order valence-corrected chi connectivity index (χ1v) is 8.38. The molecule has 0 aliphatic heterocycles. The molecule has 0 saturated heterocycles. The lowest BCUT2D eigenvalue weighted by Gasteiger charge is -2.31. The van der Waals surface area contributed by atoms with Crippen LogP contribution in [0.3, 0.4) is 0 Å². The number of guanidine groups is 1. The number of nitrogens with one attached hydrogen (secondary N) is 2. The number of alkyl halides is 3. The van der Waals surface area contributed by atoms with Crippen LogP contribution < -0.4 is 10.6 Å². The average Bonchev–Trinajstić information content (AvgIpc) is 2.89. The molecule has 2 N–H and O–H groups in total. The lowest BCUT2D eigenvalue weighted by molar-refractivity contribution is -0.182. The van der Waals surface area contributed by atoms with Crippen LogP contribution >= 0.6 is 24.0 Å². The van der Waals surface area contributed by atoms with Gasteiger partial charge in [0.05, 0.1) is 5.92 Å². The number of nitrogens with zero attached hydrogens (tertiary/aromatic N) is 4. The van der Waals surface area contributed by atoms with Crippen molar-refractivity contribution in [2.75, 3.05) is 6.54 Å². The van der Waals surface area contributed by atoms with Crippen molar-refractivity contribution in [3.8, 4) is 0 Å². The van der Waals surface area contributed by atoms with Crippen LogP contribution in [0.2, 0.25) is 0 Å². The van der Waals surface area contributed by atoms with E-state index in [0.717, 1.165) is 11.6 Å². The van der Waals surface area contributed by atoms with Gasteiger partial charge in [0.1, 0.15) is 12.4 Å². The monoisotopic (exact) mass is 486 g/mol. The van der Waals surface area contributed by atoms with E-state index in [-0.39, 0.29) is 42.9 Å². The molecule has 148 valence electrons. The third-order valence-electron chi connectivity index (χ3n) is 4.51. The summed E-state index contributed by atoms with van der Waals surface area (Å²) >= 11 is 0. The lowest BCUT2D eigenvalue weighted by Crippen LogP contribution is -2.46. The number of rotatable bonds is 5. The fraction of sp³-hybridized carbons (Fsp3) is 0.688. The fourth-order valence-electron chi connectivity index (χ4n) is 2.82. The van der Waals surface area contributed by atoms with Crippen LogP contribution in [0.15, 0.2) is 17.6 Å². The van der Waals surface area contributed by atoms with Crippen molar-refractivity contribution in [2.24, 2.45) is 18.0 Å². The molecule has 1 heterocycles. The molecule has 2 rings (SSSR count). The molecule has 0 bridgehead atoms. The second-order valence-electron chi connectivity index (χ2n) is 6.29. The number of hydrogen-bond donors (Lipinski definition) is 2. The first kappa shape index (κ1) is 22.7. The van der Waals surface area contributed by atoms with Crippen molar-refractivity contribution in [2.45, 2.75) is 51.4 Å². The van der Waals surface area contributed by atoms with Gasteiger partial charge >= 0.3 is 6.18 Å². The van der Waals surface area contributed by atoms with Gasteiger partial charge in [0.15, 0.2) is 11.8 Å². The highest BCUT2D eigenvalue weighted by molar-refractivity contribution is 14.0. The Hall–Kier alpha value is -1.33. The van der Waals surface area contributed by atoms with E-state index in [1.807, 2.05) is 18.5 Å². The third kappa shape index (κ3) is 6.44. The van der Waals surface area contributed by atoms with Crippen LogP contribution in [-0.4, -0.2) is 39.5 Å². The van der Waals surface area contributed by atoms with Gasteiger partial charge < -0.3 is 15.2 Å². The zero-order chi connectivity index (χ0) is 18.4. The van der Waals surface area contributed by atoms with E-state index >= 15 is 0 Å². The van der Waals surface area contributed by atoms with E-state index in [0.29, 0.717) is 31.9 Å². The summed E-state index contributed by atoms with van der Waals surface area (Å²) in [5, 5.41) is 14.4. The van der Waals surface area contributed by atoms with Gasteiger partial charge in [-0.2, -0.15) is 13.2 Å². The summed E-state index contributed by atoms with van der Waals surface area (Å²) in [6.45, 7) is 6.36. The Morgan fingerprint density at radius 2 is 1.96 bits per heavy atom. The van der Waals surface area contributed by atoms with E-state index in [9.17, 15) is 13.2 Å². The van der Waals surface area contributed by atoms with E-state index in [2.05, 4.69) is 32.4 Å². The van der Waals surface area contributed by atoms with Gasteiger partial charge in [0, 0.05) is 19.6 Å². The van der Waals surface area contributed by atoms with E-state index in [4.69, 9.17) is 0 Å². The summed E-state index contributed by atoms with van der Waals surface area (Å²) in [5.41, 5.74) is 0. The van der Waals surface area contributed by atoms with Gasteiger partial charge in [0.25, 0.3) is 0 Å². The van der Waals surface area contributed by atoms with Crippen molar-refractivity contribution in [3.05, 3.63) is 24.3 Å². The Balaban J connectivity index is 0.00000338. The van der Waals surface area contributed by atoms with Crippen LogP contribution in [-0.2, 0) is 13.6 Å². The number of aryl methyl sites for hydroxylation is 1. The minimum absolute atomic E-state index is 0. The Morgan fingerprint density at radius 3 is 2.46 bits per heavy atom. The number of aromatic nitrogens is 3. The number of halogens is 4. The second kappa shape index (κ2) is 10.1. The summed E-state index contributed by atoms with van der Waals surface area (Å²) in [5.74, 6) is 0.881. The molecule has 26 heavy (non-hydrogen) atoms. The molecule has 1 fully saturated rings. The van der Waals surface area contributed by atoms with Crippen molar-refractivity contribution >= 4 is 29.9 Å². The molecule has 1 aliphatic carbocycles. The molecule has 0 amide bonds. The SMILES string of the molecule is C=CCNC(=NCc1nnc(C)n1C)NC1CCC(C(F)(F)F)CC1.I. The molecule has 1 aliphatic rings. The molecule has 6 nitrogen and oxygen atoms in total.